The molecule has 124 valence electrons. The monoisotopic (exact) mass is 335 g/mol. The van der Waals surface area contributed by atoms with Crippen molar-refractivity contribution in [3.63, 3.8) is 0 Å². The van der Waals surface area contributed by atoms with Gasteiger partial charge in [-0.15, -0.1) is 0 Å². The first-order valence-corrected chi connectivity index (χ1v) is 9.13. The molecule has 0 saturated carbocycles. The van der Waals surface area contributed by atoms with Gasteiger partial charge in [-0.25, -0.2) is 8.42 Å². The largest absolute Gasteiger partial charge is 0.494 e. The van der Waals surface area contributed by atoms with E-state index < -0.39 is 10.0 Å². The second-order valence-corrected chi connectivity index (χ2v) is 7.81. The van der Waals surface area contributed by atoms with Crippen LogP contribution in [0.1, 0.15) is 36.6 Å². The topological polar surface area (TPSA) is 75.3 Å². The Morgan fingerprint density at radius 3 is 2.91 bits per heavy atom. The van der Waals surface area contributed by atoms with Gasteiger partial charge in [-0.3, -0.25) is 5.10 Å². The van der Waals surface area contributed by atoms with Crippen LogP contribution in [-0.4, -0.2) is 36.1 Å². The molecule has 0 saturated heterocycles. The lowest BCUT2D eigenvalue weighted by atomic mass is 10.0. The van der Waals surface area contributed by atoms with Gasteiger partial charge in [0.05, 0.1) is 17.7 Å². The number of aryl methyl sites for hydroxylation is 1. The van der Waals surface area contributed by atoms with Crippen LogP contribution >= 0.6 is 0 Å². The quantitative estimate of drug-likeness (QED) is 0.931. The van der Waals surface area contributed by atoms with Crippen molar-refractivity contribution in [3.05, 3.63) is 41.2 Å². The highest BCUT2D eigenvalue weighted by Gasteiger charge is 2.32. The van der Waals surface area contributed by atoms with Crippen molar-refractivity contribution in [2.45, 2.75) is 38.1 Å². The Bertz CT molecular complexity index is 814. The SMILES string of the molecule is CCOc1ccc(S(=O)(=O)N2Cc3cn[nH]c3C(C)C2)cc1C. The molecule has 1 aromatic carbocycles. The molecule has 1 atom stereocenters. The molecule has 6 nitrogen and oxygen atoms in total. The lowest BCUT2D eigenvalue weighted by Gasteiger charge is -2.30. The smallest absolute Gasteiger partial charge is 0.243 e. The van der Waals surface area contributed by atoms with Crippen molar-refractivity contribution in [1.82, 2.24) is 14.5 Å². The zero-order valence-corrected chi connectivity index (χ0v) is 14.4. The van der Waals surface area contributed by atoms with E-state index in [4.69, 9.17) is 4.74 Å². The van der Waals surface area contributed by atoms with Gasteiger partial charge in [0, 0.05) is 30.3 Å². The minimum atomic E-state index is -3.53. The molecular weight excluding hydrogens is 314 g/mol. The maximum atomic E-state index is 12.9. The third-order valence-electron chi connectivity index (χ3n) is 4.15. The fraction of sp³-hybridized carbons (Fsp3) is 0.438. The molecule has 1 unspecified atom stereocenters. The molecule has 1 aromatic heterocycles. The number of aromatic nitrogens is 2. The highest BCUT2D eigenvalue weighted by atomic mass is 32.2. The minimum Gasteiger partial charge on any atom is -0.494 e. The van der Waals surface area contributed by atoms with E-state index in [1.165, 1.54) is 4.31 Å². The van der Waals surface area contributed by atoms with Gasteiger partial charge in [0.1, 0.15) is 5.75 Å². The number of rotatable bonds is 4. The molecule has 0 spiro atoms. The van der Waals surface area contributed by atoms with Crippen LogP contribution in [0.3, 0.4) is 0 Å². The molecule has 3 rings (SSSR count). The number of nitrogens with zero attached hydrogens (tertiary/aromatic N) is 2. The molecule has 1 aliphatic heterocycles. The fourth-order valence-corrected chi connectivity index (χ4v) is 4.55. The van der Waals surface area contributed by atoms with Crippen LogP contribution in [-0.2, 0) is 16.6 Å². The first-order valence-electron chi connectivity index (χ1n) is 7.69. The summed E-state index contributed by atoms with van der Waals surface area (Å²) in [7, 11) is -3.53. The van der Waals surface area contributed by atoms with Crippen molar-refractivity contribution in [2.24, 2.45) is 0 Å². The van der Waals surface area contributed by atoms with Gasteiger partial charge in [0.25, 0.3) is 0 Å². The lowest BCUT2D eigenvalue weighted by molar-refractivity contribution is 0.337. The zero-order valence-electron chi connectivity index (χ0n) is 13.5. The van der Waals surface area contributed by atoms with Gasteiger partial charge in [-0.1, -0.05) is 6.92 Å². The number of aromatic amines is 1. The molecule has 0 bridgehead atoms. The molecule has 0 radical (unpaired) electrons. The Morgan fingerprint density at radius 2 is 2.22 bits per heavy atom. The van der Waals surface area contributed by atoms with E-state index in [1.54, 1.807) is 24.4 Å². The van der Waals surface area contributed by atoms with E-state index >= 15 is 0 Å². The summed E-state index contributed by atoms with van der Waals surface area (Å²) in [5.74, 6) is 0.815. The van der Waals surface area contributed by atoms with Crippen molar-refractivity contribution in [1.29, 1.82) is 0 Å². The van der Waals surface area contributed by atoms with Gasteiger partial charge in [-0.2, -0.15) is 9.40 Å². The van der Waals surface area contributed by atoms with Crippen LogP contribution in [0.5, 0.6) is 5.75 Å². The number of H-pyrrole nitrogens is 1. The molecule has 23 heavy (non-hydrogen) atoms. The van der Waals surface area contributed by atoms with Gasteiger partial charge in [0.2, 0.25) is 10.0 Å². The van der Waals surface area contributed by atoms with E-state index in [1.807, 2.05) is 20.8 Å². The summed E-state index contributed by atoms with van der Waals surface area (Å²) >= 11 is 0. The van der Waals surface area contributed by atoms with Crippen molar-refractivity contribution in [3.8, 4) is 5.75 Å². The van der Waals surface area contributed by atoms with E-state index in [0.717, 1.165) is 22.6 Å². The van der Waals surface area contributed by atoms with Crippen LogP contribution in [0.25, 0.3) is 0 Å². The molecule has 1 aliphatic rings. The van der Waals surface area contributed by atoms with Crippen molar-refractivity contribution < 1.29 is 13.2 Å². The molecule has 2 aromatic rings. The molecule has 2 heterocycles. The minimum absolute atomic E-state index is 0.0971. The molecule has 0 amide bonds. The average molecular weight is 335 g/mol. The number of hydrogen-bond donors (Lipinski definition) is 1. The van der Waals surface area contributed by atoms with Crippen LogP contribution in [0.4, 0.5) is 0 Å². The number of fused-ring (bicyclic) bond motifs is 1. The van der Waals surface area contributed by atoms with Crippen LogP contribution in [0, 0.1) is 6.92 Å². The van der Waals surface area contributed by atoms with Gasteiger partial charge < -0.3 is 4.74 Å². The average Bonchev–Trinajstić information content (AvgIpc) is 2.98. The van der Waals surface area contributed by atoms with Crippen LogP contribution < -0.4 is 4.74 Å². The number of nitrogens with one attached hydrogen (secondary N) is 1. The third-order valence-corrected chi connectivity index (χ3v) is 5.96. The van der Waals surface area contributed by atoms with E-state index in [0.29, 0.717) is 24.6 Å². The normalized spacial score (nSPS) is 18.7. The summed E-state index contributed by atoms with van der Waals surface area (Å²) in [6.45, 7) is 7.12. The number of hydrogen-bond acceptors (Lipinski definition) is 4. The summed E-state index contributed by atoms with van der Waals surface area (Å²) in [6, 6.07) is 5.02. The van der Waals surface area contributed by atoms with Crippen molar-refractivity contribution in [2.75, 3.05) is 13.2 Å². The van der Waals surface area contributed by atoms with Gasteiger partial charge >= 0.3 is 0 Å². The summed E-state index contributed by atoms with van der Waals surface area (Å²) in [4.78, 5) is 0.303. The fourth-order valence-electron chi connectivity index (χ4n) is 2.96. The second kappa shape index (κ2) is 5.98. The first kappa shape index (κ1) is 16.0. The summed E-state index contributed by atoms with van der Waals surface area (Å²) in [5.41, 5.74) is 2.79. The number of benzene rings is 1. The van der Waals surface area contributed by atoms with E-state index in [2.05, 4.69) is 10.2 Å². The summed E-state index contributed by atoms with van der Waals surface area (Å²) in [6.07, 6.45) is 1.71. The maximum absolute atomic E-state index is 12.9. The van der Waals surface area contributed by atoms with Crippen LogP contribution in [0.15, 0.2) is 29.3 Å². The highest BCUT2D eigenvalue weighted by molar-refractivity contribution is 7.89. The predicted octanol–water partition coefficient (Wildman–Crippen LogP) is 2.42. The summed E-state index contributed by atoms with van der Waals surface area (Å²) in [5, 5.41) is 6.99. The molecule has 1 N–H and O–H groups in total. The maximum Gasteiger partial charge on any atom is 0.243 e. The Kier molecular flexibility index (Phi) is 4.16. The van der Waals surface area contributed by atoms with Gasteiger partial charge in [-0.05, 0) is 37.6 Å². The third kappa shape index (κ3) is 2.86. The highest BCUT2D eigenvalue weighted by Crippen LogP contribution is 2.31. The van der Waals surface area contributed by atoms with E-state index in [-0.39, 0.29) is 5.92 Å². The Balaban J connectivity index is 1.92. The predicted molar refractivity (Wildman–Crippen MR) is 86.9 cm³/mol. The van der Waals surface area contributed by atoms with Gasteiger partial charge in [0.15, 0.2) is 0 Å². The van der Waals surface area contributed by atoms with E-state index in [9.17, 15) is 8.42 Å². The number of sulfonamides is 1. The molecular formula is C16H21N3O3S. The van der Waals surface area contributed by atoms with Crippen LogP contribution in [0.2, 0.25) is 0 Å². The lowest BCUT2D eigenvalue weighted by Crippen LogP contribution is -2.37. The molecule has 7 heteroatoms. The first-order chi connectivity index (χ1) is 10.9. The zero-order chi connectivity index (χ0) is 16.6. The Labute approximate surface area is 136 Å². The Morgan fingerprint density at radius 1 is 1.43 bits per heavy atom. The van der Waals surface area contributed by atoms with Crippen molar-refractivity contribution >= 4 is 10.0 Å². The second-order valence-electron chi connectivity index (χ2n) is 5.87. The number of ether oxygens (including phenoxy) is 1. The summed E-state index contributed by atoms with van der Waals surface area (Å²) < 4.78 is 32.9. The standard InChI is InChI=1S/C16H21N3O3S/c1-4-22-15-6-5-14(7-11(15)2)23(20,21)19-9-12(3)16-13(10-19)8-17-18-16/h5-8,12H,4,9-10H2,1-3H3,(H,17,18). The molecule has 0 fully saturated rings. The molecule has 0 aliphatic carbocycles. The Hall–Kier alpha value is -1.86.